The molecular formula is C11H13N3O2S. The third-order valence-electron chi connectivity index (χ3n) is 2.20. The molecule has 0 radical (unpaired) electrons. The first-order valence-electron chi connectivity index (χ1n) is 5.22. The van der Waals surface area contributed by atoms with Gasteiger partial charge in [-0.15, -0.1) is 11.3 Å². The van der Waals surface area contributed by atoms with Crippen LogP contribution in [-0.4, -0.2) is 22.3 Å². The number of nitrogens with one attached hydrogen (secondary N) is 1. The zero-order valence-electron chi connectivity index (χ0n) is 9.64. The van der Waals surface area contributed by atoms with Crippen molar-refractivity contribution in [3.8, 4) is 10.6 Å². The number of carbonyl (C=O) groups excluding carboxylic acids is 1. The zero-order chi connectivity index (χ0) is 12.3. The lowest BCUT2D eigenvalue weighted by Gasteiger charge is -2.02. The van der Waals surface area contributed by atoms with E-state index in [-0.39, 0.29) is 5.91 Å². The van der Waals surface area contributed by atoms with Gasteiger partial charge in [0.15, 0.2) is 0 Å². The Morgan fingerprint density at radius 3 is 3.12 bits per heavy atom. The molecule has 2 aromatic heterocycles. The highest BCUT2D eigenvalue weighted by molar-refractivity contribution is 7.13. The number of nitrogens with zero attached hydrogens (tertiary/aromatic N) is 2. The summed E-state index contributed by atoms with van der Waals surface area (Å²) in [5, 5.41) is 6.27. The monoisotopic (exact) mass is 251 g/mol. The van der Waals surface area contributed by atoms with Crippen molar-refractivity contribution < 1.29 is 9.63 Å². The van der Waals surface area contributed by atoms with Gasteiger partial charge in [0.2, 0.25) is 0 Å². The van der Waals surface area contributed by atoms with Crippen molar-refractivity contribution in [1.82, 2.24) is 15.3 Å². The van der Waals surface area contributed by atoms with Crippen LogP contribution in [0.1, 0.15) is 17.4 Å². The maximum Gasteiger partial charge on any atom is 0.293 e. The molecule has 0 saturated carbocycles. The van der Waals surface area contributed by atoms with Crippen molar-refractivity contribution in [3.63, 3.8) is 0 Å². The maximum atomic E-state index is 11.7. The molecule has 0 aliphatic carbocycles. The molecule has 0 unspecified atom stereocenters. The first-order chi connectivity index (χ1) is 8.22. The van der Waals surface area contributed by atoms with E-state index in [4.69, 9.17) is 4.84 Å². The largest absolute Gasteiger partial charge is 0.293 e. The molecule has 2 heterocycles. The van der Waals surface area contributed by atoms with Crippen LogP contribution < -0.4 is 5.48 Å². The number of aryl methyl sites for hydroxylation is 1. The number of hydrogen-bond donors (Lipinski definition) is 1. The van der Waals surface area contributed by atoms with Gasteiger partial charge in [0.25, 0.3) is 5.91 Å². The van der Waals surface area contributed by atoms with Crippen LogP contribution in [0.4, 0.5) is 0 Å². The van der Waals surface area contributed by atoms with Gasteiger partial charge in [-0.2, -0.15) is 5.10 Å². The summed E-state index contributed by atoms with van der Waals surface area (Å²) in [5.74, 6) is -0.287. The van der Waals surface area contributed by atoms with Gasteiger partial charge < -0.3 is 0 Å². The van der Waals surface area contributed by atoms with E-state index < -0.39 is 0 Å². The van der Waals surface area contributed by atoms with Crippen molar-refractivity contribution in [2.45, 2.75) is 6.92 Å². The average molecular weight is 251 g/mol. The van der Waals surface area contributed by atoms with Gasteiger partial charge in [-0.05, 0) is 24.4 Å². The Bertz CT molecular complexity index is 505. The fourth-order valence-corrected chi connectivity index (χ4v) is 2.10. The minimum absolute atomic E-state index is 0.287. The number of carbonyl (C=O) groups is 1. The van der Waals surface area contributed by atoms with Crippen LogP contribution in [-0.2, 0) is 11.9 Å². The van der Waals surface area contributed by atoms with Gasteiger partial charge in [-0.25, -0.2) is 5.48 Å². The standard InChI is InChI=1S/C11H13N3O2S/c1-3-16-13-11(15)9-7-8(12-14(9)2)10-5-4-6-17-10/h4-7H,3H2,1-2H3,(H,13,15). The summed E-state index contributed by atoms with van der Waals surface area (Å²) in [7, 11) is 1.73. The van der Waals surface area contributed by atoms with Crippen molar-refractivity contribution in [3.05, 3.63) is 29.3 Å². The molecule has 0 fully saturated rings. The Balaban J connectivity index is 2.22. The molecule has 0 atom stereocenters. The molecule has 1 amide bonds. The summed E-state index contributed by atoms with van der Waals surface area (Å²) in [4.78, 5) is 17.6. The molecule has 6 heteroatoms. The lowest BCUT2D eigenvalue weighted by Crippen LogP contribution is -2.25. The summed E-state index contributed by atoms with van der Waals surface area (Å²) >= 11 is 1.59. The van der Waals surface area contributed by atoms with Crippen molar-refractivity contribution in [1.29, 1.82) is 0 Å². The van der Waals surface area contributed by atoms with Crippen molar-refractivity contribution >= 4 is 17.2 Å². The van der Waals surface area contributed by atoms with Crippen LogP contribution in [0.15, 0.2) is 23.6 Å². The number of hydroxylamine groups is 1. The Hall–Kier alpha value is -1.66. The average Bonchev–Trinajstić information content (AvgIpc) is 2.94. The molecule has 0 aliphatic heterocycles. The molecule has 0 saturated heterocycles. The molecule has 2 rings (SSSR count). The fraction of sp³-hybridized carbons (Fsp3) is 0.273. The van der Waals surface area contributed by atoms with Crippen LogP contribution in [0.25, 0.3) is 10.6 Å². The van der Waals surface area contributed by atoms with Crippen LogP contribution in [0, 0.1) is 0 Å². The van der Waals surface area contributed by atoms with Gasteiger partial charge in [0.05, 0.1) is 11.5 Å². The number of rotatable bonds is 4. The zero-order valence-corrected chi connectivity index (χ0v) is 10.5. The highest BCUT2D eigenvalue weighted by Crippen LogP contribution is 2.23. The van der Waals surface area contributed by atoms with E-state index >= 15 is 0 Å². The molecule has 17 heavy (non-hydrogen) atoms. The van der Waals surface area contributed by atoms with E-state index in [9.17, 15) is 4.79 Å². The van der Waals surface area contributed by atoms with E-state index in [1.165, 1.54) is 0 Å². The van der Waals surface area contributed by atoms with Crippen LogP contribution in [0.5, 0.6) is 0 Å². The maximum absolute atomic E-state index is 11.7. The lowest BCUT2D eigenvalue weighted by molar-refractivity contribution is 0.0356. The van der Waals surface area contributed by atoms with E-state index in [0.29, 0.717) is 12.3 Å². The summed E-state index contributed by atoms with van der Waals surface area (Å²) < 4.78 is 1.55. The third kappa shape index (κ3) is 2.54. The Labute approximate surface area is 103 Å². The first kappa shape index (κ1) is 11.8. The van der Waals surface area contributed by atoms with Gasteiger partial charge in [0, 0.05) is 7.05 Å². The minimum Gasteiger partial charge on any atom is -0.274 e. The highest BCUT2D eigenvalue weighted by atomic mass is 32.1. The Morgan fingerprint density at radius 2 is 2.47 bits per heavy atom. The third-order valence-corrected chi connectivity index (χ3v) is 3.09. The van der Waals surface area contributed by atoms with E-state index in [1.54, 1.807) is 36.1 Å². The Morgan fingerprint density at radius 1 is 1.65 bits per heavy atom. The lowest BCUT2D eigenvalue weighted by atomic mass is 10.3. The molecule has 5 nitrogen and oxygen atoms in total. The van der Waals surface area contributed by atoms with Crippen molar-refractivity contribution in [2.75, 3.05) is 6.61 Å². The molecule has 90 valence electrons. The summed E-state index contributed by atoms with van der Waals surface area (Å²) in [6.07, 6.45) is 0. The number of amides is 1. The number of thiophene rings is 1. The smallest absolute Gasteiger partial charge is 0.274 e. The minimum atomic E-state index is -0.287. The van der Waals surface area contributed by atoms with Gasteiger partial charge in [0.1, 0.15) is 11.4 Å². The molecule has 0 aromatic carbocycles. The molecular weight excluding hydrogens is 238 g/mol. The molecule has 2 aromatic rings. The van der Waals surface area contributed by atoms with E-state index in [2.05, 4.69) is 10.6 Å². The first-order valence-corrected chi connectivity index (χ1v) is 6.10. The van der Waals surface area contributed by atoms with Crippen molar-refractivity contribution in [2.24, 2.45) is 7.05 Å². The summed E-state index contributed by atoms with van der Waals surface area (Å²) in [5.41, 5.74) is 3.62. The number of hydrogen-bond acceptors (Lipinski definition) is 4. The predicted molar refractivity (Wildman–Crippen MR) is 65.6 cm³/mol. The molecule has 0 spiro atoms. The molecule has 0 aliphatic rings. The predicted octanol–water partition coefficient (Wildman–Crippen LogP) is 1.83. The van der Waals surface area contributed by atoms with E-state index in [0.717, 1.165) is 10.6 Å². The van der Waals surface area contributed by atoms with Gasteiger partial charge in [-0.3, -0.25) is 14.3 Å². The normalized spacial score (nSPS) is 10.5. The summed E-state index contributed by atoms with van der Waals surface area (Å²) in [6.45, 7) is 2.24. The van der Waals surface area contributed by atoms with Gasteiger partial charge in [-0.1, -0.05) is 6.07 Å². The molecule has 0 bridgehead atoms. The SMILES string of the molecule is CCONC(=O)c1cc(-c2cccs2)nn1C. The quantitative estimate of drug-likeness (QED) is 0.843. The Kier molecular flexibility index (Phi) is 3.55. The second kappa shape index (κ2) is 5.11. The second-order valence-electron chi connectivity index (χ2n) is 3.38. The van der Waals surface area contributed by atoms with Crippen LogP contribution in [0.3, 0.4) is 0 Å². The summed E-state index contributed by atoms with van der Waals surface area (Å²) in [6, 6.07) is 5.67. The highest BCUT2D eigenvalue weighted by Gasteiger charge is 2.14. The van der Waals surface area contributed by atoms with Crippen LogP contribution in [0.2, 0.25) is 0 Å². The van der Waals surface area contributed by atoms with Gasteiger partial charge >= 0.3 is 0 Å². The van der Waals surface area contributed by atoms with Crippen LogP contribution >= 0.6 is 11.3 Å². The second-order valence-corrected chi connectivity index (χ2v) is 4.33. The fourth-order valence-electron chi connectivity index (χ4n) is 1.41. The number of aromatic nitrogens is 2. The topological polar surface area (TPSA) is 56.1 Å². The van der Waals surface area contributed by atoms with E-state index in [1.807, 2.05) is 17.5 Å². The molecule has 1 N–H and O–H groups in total.